The molecule has 4 rings (SSSR count). The topological polar surface area (TPSA) is 66.8 Å². The first-order chi connectivity index (χ1) is 14.4. The summed E-state index contributed by atoms with van der Waals surface area (Å²) in [6.07, 6.45) is 6.49. The number of imide groups is 1. The van der Waals surface area contributed by atoms with Gasteiger partial charge in [0, 0.05) is 13.0 Å². The van der Waals surface area contributed by atoms with Gasteiger partial charge in [-0.15, -0.1) is 0 Å². The number of ether oxygens (including phenoxy) is 1. The van der Waals surface area contributed by atoms with Crippen molar-refractivity contribution < 1.29 is 19.4 Å². The second-order valence-corrected chi connectivity index (χ2v) is 8.70. The minimum Gasteiger partial charge on any atom is -0.508 e. The number of likely N-dealkylation sites (tertiary alicyclic amines) is 1. The molecule has 0 spiro atoms. The summed E-state index contributed by atoms with van der Waals surface area (Å²) >= 11 is 0. The van der Waals surface area contributed by atoms with Gasteiger partial charge in [-0.05, 0) is 55.4 Å². The van der Waals surface area contributed by atoms with Crippen LogP contribution in [0.2, 0.25) is 0 Å². The number of amides is 2. The van der Waals surface area contributed by atoms with Gasteiger partial charge in [-0.25, -0.2) is 0 Å². The van der Waals surface area contributed by atoms with Gasteiger partial charge in [0.2, 0.25) is 11.8 Å². The van der Waals surface area contributed by atoms with Gasteiger partial charge in [0.25, 0.3) is 0 Å². The molecule has 160 valence electrons. The fourth-order valence-electron chi connectivity index (χ4n) is 5.49. The van der Waals surface area contributed by atoms with E-state index in [0.717, 1.165) is 31.2 Å². The molecule has 5 heteroatoms. The molecule has 1 aromatic carbocycles. The summed E-state index contributed by atoms with van der Waals surface area (Å²) in [5.74, 6) is -0.191. The van der Waals surface area contributed by atoms with E-state index < -0.39 is 0 Å². The van der Waals surface area contributed by atoms with Crippen molar-refractivity contribution in [2.45, 2.75) is 52.1 Å². The van der Waals surface area contributed by atoms with Gasteiger partial charge in [-0.3, -0.25) is 14.5 Å². The SMILES string of the molecule is CCC1=C2[C@@H](CC/C(=C/c3cccc(O)c3)CC)OC[C@@H]2[C@@H]2C(=O)N(C)C(=O)[C@@H]2C1. The smallest absolute Gasteiger partial charge is 0.233 e. The van der Waals surface area contributed by atoms with Crippen molar-refractivity contribution in [3.8, 4) is 5.75 Å². The van der Waals surface area contributed by atoms with E-state index in [4.69, 9.17) is 4.74 Å². The minimum atomic E-state index is -0.244. The Hall–Kier alpha value is -2.40. The van der Waals surface area contributed by atoms with Crippen molar-refractivity contribution >= 4 is 17.9 Å². The van der Waals surface area contributed by atoms with E-state index in [1.165, 1.54) is 21.6 Å². The number of carbonyl (C=O) groups is 2. The molecule has 1 aliphatic carbocycles. The summed E-state index contributed by atoms with van der Waals surface area (Å²) in [6.45, 7) is 4.82. The zero-order chi connectivity index (χ0) is 21.4. The fraction of sp³-hybridized carbons (Fsp3) is 0.520. The average molecular weight is 410 g/mol. The largest absolute Gasteiger partial charge is 0.508 e. The molecule has 0 bridgehead atoms. The van der Waals surface area contributed by atoms with Crippen LogP contribution in [-0.4, -0.2) is 41.6 Å². The highest BCUT2D eigenvalue weighted by atomic mass is 16.5. The van der Waals surface area contributed by atoms with Crippen molar-refractivity contribution in [3.63, 3.8) is 0 Å². The van der Waals surface area contributed by atoms with Crippen molar-refractivity contribution in [2.24, 2.45) is 17.8 Å². The Balaban J connectivity index is 1.53. The third-order valence-corrected chi connectivity index (χ3v) is 7.08. The molecule has 3 aliphatic rings. The Kier molecular flexibility index (Phi) is 5.83. The van der Waals surface area contributed by atoms with E-state index in [1.807, 2.05) is 12.1 Å². The normalized spacial score (nSPS) is 28.9. The Morgan fingerprint density at radius 1 is 1.23 bits per heavy atom. The number of fused-ring (bicyclic) bond motifs is 3. The van der Waals surface area contributed by atoms with E-state index in [-0.39, 0.29) is 41.4 Å². The maximum Gasteiger partial charge on any atom is 0.233 e. The van der Waals surface area contributed by atoms with Crippen molar-refractivity contribution in [3.05, 3.63) is 46.5 Å². The van der Waals surface area contributed by atoms with Gasteiger partial charge in [0.15, 0.2) is 0 Å². The number of phenols is 1. The van der Waals surface area contributed by atoms with E-state index in [9.17, 15) is 14.7 Å². The van der Waals surface area contributed by atoms with Gasteiger partial charge in [0.1, 0.15) is 5.75 Å². The molecule has 4 atom stereocenters. The van der Waals surface area contributed by atoms with Gasteiger partial charge in [-0.2, -0.15) is 0 Å². The lowest BCUT2D eigenvalue weighted by molar-refractivity contribution is -0.138. The summed E-state index contributed by atoms with van der Waals surface area (Å²) in [4.78, 5) is 26.6. The molecule has 2 heterocycles. The number of hydrogen-bond acceptors (Lipinski definition) is 4. The first-order valence-electron chi connectivity index (χ1n) is 11.1. The molecule has 2 fully saturated rings. The number of carbonyl (C=O) groups excluding carboxylic acids is 2. The molecule has 5 nitrogen and oxygen atoms in total. The number of aromatic hydroxyl groups is 1. The lowest BCUT2D eigenvalue weighted by Gasteiger charge is -2.31. The molecule has 1 N–H and O–H groups in total. The zero-order valence-electron chi connectivity index (χ0n) is 18.1. The number of rotatable bonds is 6. The second kappa shape index (κ2) is 8.38. The van der Waals surface area contributed by atoms with Gasteiger partial charge in [-0.1, -0.05) is 43.2 Å². The highest BCUT2D eigenvalue weighted by Gasteiger charge is 2.55. The summed E-state index contributed by atoms with van der Waals surface area (Å²) in [6, 6.07) is 7.30. The highest BCUT2D eigenvalue weighted by molar-refractivity contribution is 6.05. The predicted molar refractivity (Wildman–Crippen MR) is 116 cm³/mol. The van der Waals surface area contributed by atoms with Crippen LogP contribution in [0.15, 0.2) is 41.0 Å². The van der Waals surface area contributed by atoms with Crippen molar-refractivity contribution in [1.29, 1.82) is 0 Å². The molecular formula is C25H31NO4. The standard InChI is InChI=1S/C25H31NO4/c1-4-15(11-16-7-6-8-18(27)12-16)9-10-21-22-17(5-2)13-19-23(20(22)14-30-21)25(29)26(3)24(19)28/h6-8,11-12,19-21,23,27H,4-5,9-10,13-14H2,1-3H3/b15-11+/t19-,20+,21-,23-/m1/s1. The van der Waals surface area contributed by atoms with Gasteiger partial charge >= 0.3 is 0 Å². The molecule has 0 aromatic heterocycles. The van der Waals surface area contributed by atoms with Crippen LogP contribution in [-0.2, 0) is 14.3 Å². The monoisotopic (exact) mass is 409 g/mol. The first-order valence-corrected chi connectivity index (χ1v) is 11.1. The molecule has 0 saturated carbocycles. The number of hydrogen-bond donors (Lipinski definition) is 1. The maximum absolute atomic E-state index is 12.7. The Morgan fingerprint density at radius 3 is 2.73 bits per heavy atom. The zero-order valence-corrected chi connectivity index (χ0v) is 18.1. The van der Waals surface area contributed by atoms with Gasteiger partial charge < -0.3 is 9.84 Å². The number of phenolic OH excluding ortho intramolecular Hbond substituents is 1. The van der Waals surface area contributed by atoms with Crippen LogP contribution in [0.1, 0.15) is 51.5 Å². The Bertz CT molecular complexity index is 915. The molecule has 1 aromatic rings. The molecule has 30 heavy (non-hydrogen) atoms. The van der Waals surface area contributed by atoms with Gasteiger partial charge in [0.05, 0.1) is 24.5 Å². The Morgan fingerprint density at radius 2 is 2.03 bits per heavy atom. The molecule has 2 amide bonds. The van der Waals surface area contributed by atoms with Crippen LogP contribution in [0.4, 0.5) is 0 Å². The number of benzene rings is 1. The lowest BCUT2D eigenvalue weighted by Crippen LogP contribution is -2.33. The van der Waals surface area contributed by atoms with Crippen LogP contribution >= 0.6 is 0 Å². The fourth-order valence-corrected chi connectivity index (χ4v) is 5.49. The Labute approximate surface area is 178 Å². The highest BCUT2D eigenvalue weighted by Crippen LogP contribution is 2.50. The quantitative estimate of drug-likeness (QED) is 0.561. The molecule has 0 unspecified atom stereocenters. The summed E-state index contributed by atoms with van der Waals surface area (Å²) in [5, 5.41) is 9.71. The molecular weight excluding hydrogens is 378 g/mol. The lowest BCUT2D eigenvalue weighted by atomic mass is 9.69. The maximum atomic E-state index is 12.7. The molecule has 0 radical (unpaired) electrons. The van der Waals surface area contributed by atoms with Crippen molar-refractivity contribution in [2.75, 3.05) is 13.7 Å². The molecule has 2 aliphatic heterocycles. The first kappa shape index (κ1) is 20.9. The second-order valence-electron chi connectivity index (χ2n) is 8.70. The van der Waals surface area contributed by atoms with Crippen LogP contribution in [0, 0.1) is 17.8 Å². The van der Waals surface area contributed by atoms with E-state index >= 15 is 0 Å². The number of nitrogens with zero attached hydrogens (tertiary/aromatic N) is 1. The van der Waals surface area contributed by atoms with Crippen LogP contribution in [0.3, 0.4) is 0 Å². The summed E-state index contributed by atoms with van der Waals surface area (Å²) in [5.41, 5.74) is 4.93. The van der Waals surface area contributed by atoms with E-state index in [1.54, 1.807) is 19.2 Å². The minimum absolute atomic E-state index is 0.0267. The van der Waals surface area contributed by atoms with Crippen molar-refractivity contribution in [1.82, 2.24) is 4.90 Å². The van der Waals surface area contributed by atoms with E-state index in [2.05, 4.69) is 19.9 Å². The van der Waals surface area contributed by atoms with Crippen LogP contribution in [0.25, 0.3) is 6.08 Å². The predicted octanol–water partition coefficient (Wildman–Crippen LogP) is 4.32. The third kappa shape index (κ3) is 3.60. The molecule has 2 saturated heterocycles. The summed E-state index contributed by atoms with van der Waals surface area (Å²) < 4.78 is 6.22. The number of allylic oxidation sites excluding steroid dienone is 2. The van der Waals surface area contributed by atoms with E-state index in [0.29, 0.717) is 13.0 Å². The summed E-state index contributed by atoms with van der Waals surface area (Å²) in [7, 11) is 1.61. The average Bonchev–Trinajstić information content (AvgIpc) is 3.26. The third-order valence-electron chi connectivity index (χ3n) is 7.08. The van der Waals surface area contributed by atoms with Crippen LogP contribution in [0.5, 0.6) is 5.75 Å². The van der Waals surface area contributed by atoms with Crippen LogP contribution < -0.4 is 0 Å².